The molecule has 0 spiro atoms. The van der Waals surface area contributed by atoms with Gasteiger partial charge in [-0.3, -0.25) is 4.79 Å². The molecule has 0 aromatic heterocycles. The lowest BCUT2D eigenvalue weighted by Crippen LogP contribution is -2.22. The molecule has 0 fully saturated rings. The molecule has 5 nitrogen and oxygen atoms in total. The van der Waals surface area contributed by atoms with E-state index in [-0.39, 0.29) is 10.8 Å². The molecule has 146 valence electrons. The van der Waals surface area contributed by atoms with Gasteiger partial charge in [0.05, 0.1) is 4.90 Å². The Bertz CT molecular complexity index is 938. The Kier molecular flexibility index (Phi) is 7.08. The van der Waals surface area contributed by atoms with Crippen molar-refractivity contribution in [3.05, 3.63) is 53.1 Å². The van der Waals surface area contributed by atoms with Crippen molar-refractivity contribution in [1.82, 2.24) is 4.31 Å². The van der Waals surface area contributed by atoms with Gasteiger partial charge in [-0.1, -0.05) is 12.1 Å². The van der Waals surface area contributed by atoms with Crippen LogP contribution < -0.4 is 5.32 Å². The van der Waals surface area contributed by atoms with Crippen molar-refractivity contribution in [1.29, 1.82) is 0 Å². The third kappa shape index (κ3) is 5.57. The fourth-order valence-corrected chi connectivity index (χ4v) is 4.26. The third-order valence-electron chi connectivity index (χ3n) is 4.34. The monoisotopic (exact) mass is 406 g/mol. The van der Waals surface area contributed by atoms with E-state index in [4.69, 9.17) is 0 Å². The van der Waals surface area contributed by atoms with Crippen LogP contribution in [0.15, 0.2) is 46.2 Å². The van der Waals surface area contributed by atoms with Crippen molar-refractivity contribution in [2.24, 2.45) is 0 Å². The highest BCUT2D eigenvalue weighted by Crippen LogP contribution is 2.24. The Morgan fingerprint density at radius 2 is 1.67 bits per heavy atom. The Hall–Kier alpha value is -1.83. The fraction of sp³-hybridized carbons (Fsp3) is 0.350. The maximum absolute atomic E-state index is 12.3. The van der Waals surface area contributed by atoms with Crippen LogP contribution in [-0.4, -0.2) is 38.5 Å². The number of nitrogens with one attached hydrogen (secondary N) is 1. The molecule has 0 atom stereocenters. The molecule has 2 aromatic carbocycles. The van der Waals surface area contributed by atoms with Crippen LogP contribution >= 0.6 is 11.8 Å². The topological polar surface area (TPSA) is 66.5 Å². The summed E-state index contributed by atoms with van der Waals surface area (Å²) in [5.74, 6) is 0.525. The minimum absolute atomic E-state index is 0.131. The van der Waals surface area contributed by atoms with E-state index in [0.29, 0.717) is 17.9 Å². The molecule has 0 aliphatic heterocycles. The smallest absolute Gasteiger partial charge is 0.242 e. The van der Waals surface area contributed by atoms with E-state index in [1.165, 1.54) is 31.3 Å². The molecule has 1 amide bonds. The zero-order valence-electron chi connectivity index (χ0n) is 16.4. The molecule has 1 N–H and O–H groups in total. The summed E-state index contributed by atoms with van der Waals surface area (Å²) < 4.78 is 25.7. The molecule has 2 aromatic rings. The largest absolute Gasteiger partial charge is 0.326 e. The lowest BCUT2D eigenvalue weighted by Gasteiger charge is -2.14. The molecule has 27 heavy (non-hydrogen) atoms. The first kappa shape index (κ1) is 21.5. The molecule has 0 unspecified atom stereocenters. The molecule has 0 heterocycles. The minimum atomic E-state index is -3.53. The maximum Gasteiger partial charge on any atom is 0.242 e. The predicted octanol–water partition coefficient (Wildman–Crippen LogP) is 3.98. The number of rotatable bonds is 7. The molecule has 7 heteroatoms. The summed E-state index contributed by atoms with van der Waals surface area (Å²) in [6, 6.07) is 11.0. The second-order valence-electron chi connectivity index (χ2n) is 6.66. The number of amides is 1. The number of carbonyl (C=O) groups excluding carboxylic acids is 1. The Morgan fingerprint density at radius 3 is 2.30 bits per heavy atom. The van der Waals surface area contributed by atoms with Gasteiger partial charge >= 0.3 is 0 Å². The van der Waals surface area contributed by atoms with Gasteiger partial charge in [0.25, 0.3) is 0 Å². The van der Waals surface area contributed by atoms with Crippen LogP contribution in [0.1, 0.15) is 23.1 Å². The van der Waals surface area contributed by atoms with Gasteiger partial charge in [-0.05, 0) is 61.7 Å². The van der Waals surface area contributed by atoms with Crippen LogP contribution in [0.5, 0.6) is 0 Å². The number of nitrogens with zero attached hydrogens (tertiary/aromatic N) is 1. The number of thioether (sulfide) groups is 1. The lowest BCUT2D eigenvalue weighted by molar-refractivity contribution is -0.115. The van der Waals surface area contributed by atoms with Crippen molar-refractivity contribution >= 4 is 33.4 Å². The van der Waals surface area contributed by atoms with Gasteiger partial charge in [-0.15, -0.1) is 11.8 Å². The van der Waals surface area contributed by atoms with Crippen molar-refractivity contribution < 1.29 is 13.2 Å². The van der Waals surface area contributed by atoms with E-state index in [1.54, 1.807) is 23.9 Å². The summed E-state index contributed by atoms with van der Waals surface area (Å²) in [7, 11) is -0.567. The summed E-state index contributed by atoms with van der Waals surface area (Å²) in [6.45, 7) is 5.99. The third-order valence-corrected chi connectivity index (χ3v) is 7.14. The predicted molar refractivity (Wildman–Crippen MR) is 112 cm³/mol. The number of carbonyl (C=O) groups is 1. The summed E-state index contributed by atoms with van der Waals surface area (Å²) >= 11 is 1.63. The molecular formula is C20H26N2O3S2. The van der Waals surface area contributed by atoms with Crippen LogP contribution in [-0.2, 0) is 14.8 Å². The van der Waals surface area contributed by atoms with Crippen LogP contribution in [0.4, 0.5) is 5.69 Å². The average molecular weight is 407 g/mol. The Labute approximate surface area is 166 Å². The zero-order chi connectivity index (χ0) is 20.2. The molecule has 0 aliphatic carbocycles. The number of hydrogen-bond acceptors (Lipinski definition) is 4. The lowest BCUT2D eigenvalue weighted by atomic mass is 10.1. The van der Waals surface area contributed by atoms with Crippen LogP contribution in [0, 0.1) is 20.8 Å². The first-order chi connectivity index (χ1) is 12.6. The second-order valence-corrected chi connectivity index (χ2v) is 9.98. The Morgan fingerprint density at radius 1 is 1.00 bits per heavy atom. The zero-order valence-corrected chi connectivity index (χ0v) is 18.0. The highest BCUT2D eigenvalue weighted by Gasteiger charge is 2.18. The first-order valence-corrected chi connectivity index (χ1v) is 11.1. The van der Waals surface area contributed by atoms with Gasteiger partial charge in [-0.2, -0.15) is 0 Å². The van der Waals surface area contributed by atoms with Crippen molar-refractivity contribution in [3.63, 3.8) is 0 Å². The molecule has 0 saturated carbocycles. The van der Waals surface area contributed by atoms with Crippen molar-refractivity contribution in [2.75, 3.05) is 25.2 Å². The summed E-state index contributed by atoms with van der Waals surface area (Å²) in [5.41, 5.74) is 3.83. The SMILES string of the molecule is Cc1ccc(SCCC(=O)Nc2cc(S(=O)(=O)N(C)C)ccc2C)cc1C. The highest BCUT2D eigenvalue weighted by atomic mass is 32.2. The van der Waals surface area contributed by atoms with Gasteiger partial charge < -0.3 is 5.32 Å². The summed E-state index contributed by atoms with van der Waals surface area (Å²) in [6.07, 6.45) is 0.349. The molecular weight excluding hydrogens is 380 g/mol. The fourth-order valence-electron chi connectivity index (χ4n) is 2.39. The van der Waals surface area contributed by atoms with Crippen molar-refractivity contribution in [3.8, 4) is 0 Å². The first-order valence-electron chi connectivity index (χ1n) is 8.64. The molecule has 0 aliphatic rings. The van der Waals surface area contributed by atoms with E-state index in [9.17, 15) is 13.2 Å². The van der Waals surface area contributed by atoms with Crippen LogP contribution in [0.3, 0.4) is 0 Å². The number of hydrogen-bond donors (Lipinski definition) is 1. The molecule has 2 rings (SSSR count). The summed E-state index contributed by atoms with van der Waals surface area (Å²) in [4.78, 5) is 13.6. The van der Waals surface area contributed by atoms with Crippen LogP contribution in [0.2, 0.25) is 0 Å². The summed E-state index contributed by atoms with van der Waals surface area (Å²) in [5, 5.41) is 2.83. The standard InChI is InChI=1S/C20H26N2O3S2/c1-14-6-8-17(12-16(14)3)26-11-10-20(23)21-19-13-18(9-7-15(19)2)27(24,25)22(4)5/h6-9,12-13H,10-11H2,1-5H3,(H,21,23). The van der Waals surface area contributed by atoms with Gasteiger partial charge in [0, 0.05) is 36.9 Å². The van der Waals surface area contributed by atoms with Gasteiger partial charge in [-0.25, -0.2) is 12.7 Å². The minimum Gasteiger partial charge on any atom is -0.326 e. The number of sulfonamides is 1. The van der Waals surface area contributed by atoms with Crippen molar-refractivity contribution in [2.45, 2.75) is 37.0 Å². The molecule has 0 saturated heterocycles. The number of aryl methyl sites for hydroxylation is 3. The van der Waals surface area contributed by atoms with Gasteiger partial charge in [0.1, 0.15) is 0 Å². The number of anilines is 1. The highest BCUT2D eigenvalue weighted by molar-refractivity contribution is 7.99. The maximum atomic E-state index is 12.3. The molecule has 0 bridgehead atoms. The van der Waals surface area contributed by atoms with E-state index in [0.717, 1.165) is 14.8 Å². The average Bonchev–Trinajstić information content (AvgIpc) is 2.59. The van der Waals surface area contributed by atoms with Gasteiger partial charge in [0.15, 0.2) is 0 Å². The second kappa shape index (κ2) is 8.91. The van der Waals surface area contributed by atoms with Crippen LogP contribution in [0.25, 0.3) is 0 Å². The van der Waals surface area contributed by atoms with E-state index >= 15 is 0 Å². The van der Waals surface area contributed by atoms with E-state index in [2.05, 4.69) is 37.4 Å². The quantitative estimate of drug-likeness (QED) is 0.706. The Balaban J connectivity index is 2.00. The number of benzene rings is 2. The normalized spacial score (nSPS) is 11.6. The van der Waals surface area contributed by atoms with E-state index < -0.39 is 10.0 Å². The molecule has 0 radical (unpaired) electrons. The van der Waals surface area contributed by atoms with Gasteiger partial charge in [0.2, 0.25) is 15.9 Å². The van der Waals surface area contributed by atoms with E-state index in [1.807, 2.05) is 6.92 Å².